The molecule has 3 rings (SSSR count). The van der Waals surface area contributed by atoms with Gasteiger partial charge in [-0.15, -0.1) is 0 Å². The van der Waals surface area contributed by atoms with Crippen molar-refractivity contribution in [2.75, 3.05) is 6.54 Å². The molecule has 0 amide bonds. The van der Waals surface area contributed by atoms with Crippen LogP contribution < -0.4 is 0 Å². The fourth-order valence-electron chi connectivity index (χ4n) is 3.31. The Bertz CT molecular complexity index is 444. The Morgan fingerprint density at radius 3 is 2.65 bits per heavy atom. The van der Waals surface area contributed by atoms with Crippen LogP contribution in [0.4, 0.5) is 0 Å². The van der Waals surface area contributed by atoms with Crippen LogP contribution in [0.5, 0.6) is 0 Å². The van der Waals surface area contributed by atoms with E-state index >= 15 is 0 Å². The first kappa shape index (κ1) is 13.6. The van der Waals surface area contributed by atoms with Crippen LogP contribution in [0.3, 0.4) is 0 Å². The largest absolute Gasteiger partial charge is 0.479 e. The number of carboxylic acids is 1. The predicted octanol–water partition coefficient (Wildman–Crippen LogP) is 1.59. The molecule has 0 radical (unpaired) electrons. The van der Waals surface area contributed by atoms with E-state index in [9.17, 15) is 9.90 Å². The second-order valence-corrected chi connectivity index (χ2v) is 5.48. The first-order valence-corrected chi connectivity index (χ1v) is 6.90. The van der Waals surface area contributed by atoms with Crippen LogP contribution in [-0.4, -0.2) is 47.8 Å². The summed E-state index contributed by atoms with van der Waals surface area (Å²) < 4.78 is 17.4. The number of nitrogens with zero attached hydrogens (tertiary/aromatic N) is 3. The Balaban J connectivity index is 1.79. The van der Waals surface area contributed by atoms with Gasteiger partial charge in [0.1, 0.15) is 12.2 Å². The quantitative estimate of drug-likeness (QED) is 0.480. The van der Waals surface area contributed by atoms with Crippen LogP contribution in [0.1, 0.15) is 32.1 Å². The molecule has 0 aromatic rings. The van der Waals surface area contributed by atoms with E-state index in [0.717, 1.165) is 32.1 Å². The molecule has 4 atom stereocenters. The molecular weight excluding hydrogens is 266 g/mol. The van der Waals surface area contributed by atoms with Crippen LogP contribution in [0, 0.1) is 0 Å². The van der Waals surface area contributed by atoms with Crippen molar-refractivity contribution in [3.8, 4) is 0 Å². The summed E-state index contributed by atoms with van der Waals surface area (Å²) in [7, 11) is 0. The van der Waals surface area contributed by atoms with E-state index in [1.54, 1.807) is 0 Å². The molecule has 1 saturated carbocycles. The van der Waals surface area contributed by atoms with Crippen molar-refractivity contribution in [1.29, 1.82) is 0 Å². The van der Waals surface area contributed by atoms with E-state index in [1.807, 2.05) is 0 Å². The highest BCUT2D eigenvalue weighted by Crippen LogP contribution is 2.45. The summed E-state index contributed by atoms with van der Waals surface area (Å²) in [6, 6.07) is 0. The van der Waals surface area contributed by atoms with Crippen molar-refractivity contribution >= 4 is 5.97 Å². The van der Waals surface area contributed by atoms with Gasteiger partial charge in [-0.1, -0.05) is 11.5 Å². The second kappa shape index (κ2) is 5.21. The maximum atomic E-state index is 11.3. The molecule has 8 nitrogen and oxygen atoms in total. The SMILES string of the molecule is [N-]=[N+]=NC[C@H]1O[C@@H](C(=O)O)[C@@H]2OC3(CCCCC3)O[C@@H]21. The summed E-state index contributed by atoms with van der Waals surface area (Å²) in [4.78, 5) is 14.0. The highest BCUT2D eigenvalue weighted by molar-refractivity contribution is 5.74. The molecule has 2 saturated heterocycles. The van der Waals surface area contributed by atoms with Gasteiger partial charge in [0.25, 0.3) is 0 Å². The highest BCUT2D eigenvalue weighted by atomic mass is 16.8. The smallest absolute Gasteiger partial charge is 0.335 e. The van der Waals surface area contributed by atoms with Gasteiger partial charge >= 0.3 is 5.97 Å². The molecule has 0 unspecified atom stereocenters. The zero-order valence-electron chi connectivity index (χ0n) is 11.0. The van der Waals surface area contributed by atoms with Gasteiger partial charge in [0.15, 0.2) is 11.9 Å². The second-order valence-electron chi connectivity index (χ2n) is 5.48. The van der Waals surface area contributed by atoms with Gasteiger partial charge in [-0.25, -0.2) is 4.79 Å². The summed E-state index contributed by atoms with van der Waals surface area (Å²) in [6.45, 7) is 0.0564. The van der Waals surface area contributed by atoms with E-state index in [0.29, 0.717) is 0 Å². The van der Waals surface area contributed by atoms with Gasteiger partial charge < -0.3 is 19.3 Å². The van der Waals surface area contributed by atoms with Crippen molar-refractivity contribution < 1.29 is 24.1 Å². The van der Waals surface area contributed by atoms with Crippen molar-refractivity contribution in [3.05, 3.63) is 10.4 Å². The third-order valence-corrected chi connectivity index (χ3v) is 4.20. The van der Waals surface area contributed by atoms with E-state index in [-0.39, 0.29) is 6.54 Å². The van der Waals surface area contributed by atoms with E-state index in [4.69, 9.17) is 19.7 Å². The first-order valence-electron chi connectivity index (χ1n) is 6.90. The lowest BCUT2D eigenvalue weighted by Gasteiger charge is -2.33. The van der Waals surface area contributed by atoms with Crippen LogP contribution in [0.25, 0.3) is 10.4 Å². The van der Waals surface area contributed by atoms with Crippen molar-refractivity contribution in [2.24, 2.45) is 5.11 Å². The number of carbonyl (C=O) groups is 1. The monoisotopic (exact) mass is 283 g/mol. The van der Waals surface area contributed by atoms with E-state index in [1.165, 1.54) is 0 Å². The summed E-state index contributed by atoms with van der Waals surface area (Å²) >= 11 is 0. The summed E-state index contributed by atoms with van der Waals surface area (Å²) in [5.41, 5.74) is 8.40. The lowest BCUT2D eigenvalue weighted by molar-refractivity contribution is -0.224. The number of azide groups is 1. The Morgan fingerprint density at radius 2 is 2.00 bits per heavy atom. The molecule has 3 fully saturated rings. The number of hydrogen-bond donors (Lipinski definition) is 1. The molecule has 1 spiro atoms. The average molecular weight is 283 g/mol. The van der Waals surface area contributed by atoms with Crippen molar-refractivity contribution in [1.82, 2.24) is 0 Å². The van der Waals surface area contributed by atoms with Crippen LogP contribution in [-0.2, 0) is 19.0 Å². The standard InChI is InChI=1S/C12H17N3O5/c13-15-14-6-7-8-9(10(18-7)11(16)17)20-12(19-8)4-2-1-3-5-12/h7-10H,1-6H2,(H,16,17)/t7-,8-,9-,10-/m1/s1. The molecule has 1 aliphatic carbocycles. The van der Waals surface area contributed by atoms with Gasteiger partial charge in [0, 0.05) is 17.8 Å². The minimum atomic E-state index is -1.07. The maximum Gasteiger partial charge on any atom is 0.335 e. The fourth-order valence-corrected chi connectivity index (χ4v) is 3.31. The van der Waals surface area contributed by atoms with Gasteiger partial charge in [0.2, 0.25) is 0 Å². The first-order chi connectivity index (χ1) is 9.65. The molecule has 0 aromatic heterocycles. The molecule has 2 heterocycles. The molecule has 0 bridgehead atoms. The molecular formula is C12H17N3O5. The number of hydrogen-bond acceptors (Lipinski definition) is 5. The predicted molar refractivity (Wildman–Crippen MR) is 65.9 cm³/mol. The Morgan fingerprint density at radius 1 is 1.30 bits per heavy atom. The lowest BCUT2D eigenvalue weighted by atomic mass is 9.94. The number of carboxylic acid groups (broad SMARTS) is 1. The fraction of sp³-hybridized carbons (Fsp3) is 0.917. The Labute approximate surface area is 115 Å². The molecule has 3 aliphatic rings. The van der Waals surface area contributed by atoms with Gasteiger partial charge in [-0.3, -0.25) is 0 Å². The molecule has 8 heteroatoms. The molecule has 1 N–H and O–H groups in total. The lowest BCUT2D eigenvalue weighted by Crippen LogP contribution is -2.39. The highest BCUT2D eigenvalue weighted by Gasteiger charge is 2.59. The van der Waals surface area contributed by atoms with Gasteiger partial charge in [0.05, 0.1) is 12.6 Å². The topological polar surface area (TPSA) is 114 Å². The number of aliphatic carboxylic acids is 1. The molecule has 110 valence electrons. The van der Waals surface area contributed by atoms with E-state index < -0.39 is 36.2 Å². The summed E-state index contributed by atoms with van der Waals surface area (Å²) in [5.74, 6) is -1.74. The Hall–Kier alpha value is -1.34. The average Bonchev–Trinajstić information content (AvgIpc) is 2.93. The molecule has 20 heavy (non-hydrogen) atoms. The molecule has 2 aliphatic heterocycles. The molecule has 0 aromatic carbocycles. The van der Waals surface area contributed by atoms with Crippen LogP contribution >= 0.6 is 0 Å². The number of ether oxygens (including phenoxy) is 3. The van der Waals surface area contributed by atoms with Gasteiger partial charge in [-0.2, -0.15) is 0 Å². The zero-order chi connectivity index (χ0) is 14.2. The summed E-state index contributed by atoms with van der Waals surface area (Å²) in [5, 5.41) is 12.7. The maximum absolute atomic E-state index is 11.3. The van der Waals surface area contributed by atoms with Crippen molar-refractivity contribution in [2.45, 2.75) is 62.3 Å². The minimum Gasteiger partial charge on any atom is -0.479 e. The number of fused-ring (bicyclic) bond motifs is 1. The van der Waals surface area contributed by atoms with Gasteiger partial charge in [-0.05, 0) is 18.4 Å². The normalized spacial score (nSPS) is 38.4. The summed E-state index contributed by atoms with van der Waals surface area (Å²) in [6.07, 6.45) is 2.02. The van der Waals surface area contributed by atoms with Crippen LogP contribution in [0.15, 0.2) is 5.11 Å². The third kappa shape index (κ3) is 2.25. The zero-order valence-corrected chi connectivity index (χ0v) is 11.0. The van der Waals surface area contributed by atoms with Crippen molar-refractivity contribution in [3.63, 3.8) is 0 Å². The van der Waals surface area contributed by atoms with E-state index in [2.05, 4.69) is 10.0 Å². The van der Waals surface area contributed by atoms with Crippen LogP contribution in [0.2, 0.25) is 0 Å². The third-order valence-electron chi connectivity index (χ3n) is 4.20. The minimum absolute atomic E-state index is 0.0564. The number of rotatable bonds is 3. The Kier molecular flexibility index (Phi) is 3.55.